The Hall–Kier alpha value is -4.38. The summed E-state index contributed by atoms with van der Waals surface area (Å²) in [7, 11) is 4.76. The lowest BCUT2D eigenvalue weighted by atomic mass is 10.0. The smallest absolute Gasteiger partial charge is 0.276 e. The number of carbonyl (C=O) groups excluding carboxylic acids is 1. The van der Waals surface area contributed by atoms with Crippen LogP contribution in [-0.4, -0.2) is 77.8 Å². The number of carbonyl (C=O) groups is 1. The van der Waals surface area contributed by atoms with Crippen molar-refractivity contribution in [3.05, 3.63) is 86.7 Å². The molecule has 0 bridgehead atoms. The van der Waals surface area contributed by atoms with Crippen LogP contribution in [0.15, 0.2) is 47.4 Å². The van der Waals surface area contributed by atoms with Gasteiger partial charge in [0.1, 0.15) is 11.4 Å². The molecule has 1 N–H and O–H groups in total. The molecule has 0 unspecified atom stereocenters. The van der Waals surface area contributed by atoms with E-state index in [9.17, 15) is 14.0 Å². The molecule has 1 fully saturated rings. The minimum atomic E-state index is -0.377. The van der Waals surface area contributed by atoms with Gasteiger partial charge in [0.25, 0.3) is 11.5 Å². The van der Waals surface area contributed by atoms with Crippen LogP contribution >= 0.6 is 0 Å². The molecule has 1 amide bonds. The van der Waals surface area contributed by atoms with Gasteiger partial charge < -0.3 is 19.1 Å². The zero-order chi connectivity index (χ0) is 28.4. The zero-order valence-electron chi connectivity index (χ0n) is 23.0. The standard InChI is InChI=1S/C29H32FN5O5/c1-18-21(15-19-7-5-6-8-23(19)30)29(37)35-27(32-18)22(16-31-35)28(36)34-13-11-33(12-14-34)17-20-9-10-24(38-2)26(40-4)25(20)39-3/h5-10,16,31H,11-15,17H2,1-4H3. The second-order valence-corrected chi connectivity index (χ2v) is 9.66. The number of aryl methyl sites for hydroxylation is 1. The number of hydrogen-bond acceptors (Lipinski definition) is 7. The summed E-state index contributed by atoms with van der Waals surface area (Å²) in [5, 5.41) is 2.87. The quantitative estimate of drug-likeness (QED) is 0.361. The number of benzene rings is 2. The lowest BCUT2D eigenvalue weighted by molar-refractivity contribution is 0.0629. The third-order valence-electron chi connectivity index (χ3n) is 7.36. The third kappa shape index (κ3) is 5.00. The first kappa shape index (κ1) is 27.2. The first-order valence-electron chi connectivity index (χ1n) is 13.0. The molecule has 0 radical (unpaired) electrons. The zero-order valence-corrected chi connectivity index (χ0v) is 23.0. The number of nitrogens with zero attached hydrogens (tertiary/aromatic N) is 4. The molecule has 0 aliphatic carbocycles. The number of fused-ring (bicyclic) bond motifs is 1. The fourth-order valence-corrected chi connectivity index (χ4v) is 5.16. The monoisotopic (exact) mass is 549 g/mol. The van der Waals surface area contributed by atoms with Crippen LogP contribution in [0.25, 0.3) is 5.65 Å². The molecule has 1 saturated heterocycles. The number of hydrogen-bond donors (Lipinski definition) is 1. The fourth-order valence-electron chi connectivity index (χ4n) is 5.16. The number of H-pyrrole nitrogens is 1. The van der Waals surface area contributed by atoms with E-state index in [-0.39, 0.29) is 29.4 Å². The second kappa shape index (κ2) is 11.4. The summed E-state index contributed by atoms with van der Waals surface area (Å²) in [5.74, 6) is 1.19. The molecular formula is C29H32FN5O5. The Balaban J connectivity index is 1.30. The molecule has 0 saturated carbocycles. The lowest BCUT2D eigenvalue weighted by Crippen LogP contribution is -2.48. The number of amides is 1. The van der Waals surface area contributed by atoms with Crippen LogP contribution in [0.4, 0.5) is 4.39 Å². The average molecular weight is 550 g/mol. The van der Waals surface area contributed by atoms with E-state index in [1.165, 1.54) is 16.8 Å². The molecule has 2 aromatic carbocycles. The van der Waals surface area contributed by atoms with Gasteiger partial charge in [-0.15, -0.1) is 0 Å². The highest BCUT2D eigenvalue weighted by Gasteiger charge is 2.27. The van der Waals surface area contributed by atoms with Gasteiger partial charge in [0, 0.05) is 62.2 Å². The van der Waals surface area contributed by atoms with Crippen molar-refractivity contribution in [1.29, 1.82) is 0 Å². The summed E-state index contributed by atoms with van der Waals surface area (Å²) in [4.78, 5) is 35.3. The van der Waals surface area contributed by atoms with Gasteiger partial charge in [-0.25, -0.2) is 13.9 Å². The lowest BCUT2D eigenvalue weighted by Gasteiger charge is -2.35. The van der Waals surface area contributed by atoms with Crippen molar-refractivity contribution in [2.24, 2.45) is 0 Å². The number of piperazine rings is 1. The van der Waals surface area contributed by atoms with Crippen molar-refractivity contribution in [2.75, 3.05) is 47.5 Å². The second-order valence-electron chi connectivity index (χ2n) is 9.66. The van der Waals surface area contributed by atoms with E-state index in [0.717, 1.165) is 5.56 Å². The van der Waals surface area contributed by atoms with Crippen LogP contribution in [-0.2, 0) is 13.0 Å². The Morgan fingerprint density at radius 2 is 1.70 bits per heavy atom. The van der Waals surface area contributed by atoms with Crippen molar-refractivity contribution >= 4 is 11.6 Å². The maximum Gasteiger partial charge on any atom is 0.276 e. The number of nitrogens with one attached hydrogen (secondary N) is 1. The van der Waals surface area contributed by atoms with Gasteiger partial charge in [0.2, 0.25) is 5.75 Å². The van der Waals surface area contributed by atoms with Gasteiger partial charge in [-0.3, -0.25) is 19.6 Å². The van der Waals surface area contributed by atoms with Crippen molar-refractivity contribution in [2.45, 2.75) is 19.9 Å². The maximum atomic E-state index is 14.2. The van der Waals surface area contributed by atoms with Crippen LogP contribution in [0.2, 0.25) is 0 Å². The van der Waals surface area contributed by atoms with Crippen molar-refractivity contribution in [3.63, 3.8) is 0 Å². The Morgan fingerprint density at radius 1 is 0.975 bits per heavy atom. The highest BCUT2D eigenvalue weighted by atomic mass is 19.1. The summed E-state index contributed by atoms with van der Waals surface area (Å²) >= 11 is 0. The first-order valence-corrected chi connectivity index (χ1v) is 13.0. The van der Waals surface area contributed by atoms with Crippen LogP contribution < -0.4 is 19.8 Å². The van der Waals surface area contributed by atoms with Crippen molar-refractivity contribution in [3.8, 4) is 17.2 Å². The number of halogens is 1. The molecule has 2 aromatic heterocycles. The molecule has 11 heteroatoms. The average Bonchev–Trinajstić information content (AvgIpc) is 3.39. The molecule has 40 heavy (non-hydrogen) atoms. The van der Waals surface area contributed by atoms with Crippen LogP contribution in [0.5, 0.6) is 17.2 Å². The highest BCUT2D eigenvalue weighted by molar-refractivity contribution is 5.99. The molecule has 0 spiro atoms. The molecular weight excluding hydrogens is 517 g/mol. The number of aromatic amines is 1. The topological polar surface area (TPSA) is 101 Å². The Morgan fingerprint density at radius 3 is 2.38 bits per heavy atom. The van der Waals surface area contributed by atoms with Crippen molar-refractivity contribution < 1.29 is 23.4 Å². The van der Waals surface area contributed by atoms with Gasteiger partial charge in [-0.2, -0.15) is 0 Å². The molecule has 5 rings (SSSR count). The fraction of sp³-hybridized carbons (Fsp3) is 0.345. The van der Waals surface area contributed by atoms with Crippen LogP contribution in [0.1, 0.15) is 32.7 Å². The Labute approximate surface area is 230 Å². The van der Waals surface area contributed by atoms with E-state index >= 15 is 0 Å². The van der Waals surface area contributed by atoms with E-state index in [1.807, 2.05) is 12.1 Å². The van der Waals surface area contributed by atoms with Crippen molar-refractivity contribution in [1.82, 2.24) is 24.4 Å². The predicted molar refractivity (Wildman–Crippen MR) is 147 cm³/mol. The maximum absolute atomic E-state index is 14.2. The normalized spacial score (nSPS) is 14.0. The highest BCUT2D eigenvalue weighted by Crippen LogP contribution is 2.40. The van der Waals surface area contributed by atoms with Gasteiger partial charge >= 0.3 is 0 Å². The molecule has 0 atom stereocenters. The van der Waals surface area contributed by atoms with Gasteiger partial charge in [0.05, 0.1) is 21.3 Å². The van der Waals surface area contributed by atoms with Gasteiger partial charge in [-0.05, 0) is 24.6 Å². The minimum absolute atomic E-state index is 0.113. The molecule has 1 aliphatic rings. The van der Waals surface area contributed by atoms with Gasteiger partial charge in [0.15, 0.2) is 17.1 Å². The van der Waals surface area contributed by atoms with Crippen LogP contribution in [0.3, 0.4) is 0 Å². The summed E-state index contributed by atoms with van der Waals surface area (Å²) in [6.07, 6.45) is 1.63. The SMILES string of the molecule is COc1ccc(CN2CCN(C(=O)c3c[nH]n4c(=O)c(Cc5ccccc5F)c(C)nc34)CC2)c(OC)c1OC. The van der Waals surface area contributed by atoms with Crippen LogP contribution in [0, 0.1) is 12.7 Å². The first-order chi connectivity index (χ1) is 19.4. The van der Waals surface area contributed by atoms with Gasteiger partial charge in [-0.1, -0.05) is 24.3 Å². The molecule has 10 nitrogen and oxygen atoms in total. The van der Waals surface area contributed by atoms with E-state index in [0.29, 0.717) is 72.4 Å². The number of ether oxygens (including phenoxy) is 3. The number of aromatic nitrogens is 3. The molecule has 4 aromatic rings. The summed E-state index contributed by atoms with van der Waals surface area (Å²) in [5.41, 5.74) is 2.46. The van der Waals surface area contributed by atoms with E-state index in [4.69, 9.17) is 14.2 Å². The number of methoxy groups -OCH3 is 3. The largest absolute Gasteiger partial charge is 0.493 e. The Bertz CT molecular complexity index is 1610. The summed E-state index contributed by atoms with van der Waals surface area (Å²) in [6.45, 7) is 4.68. The third-order valence-corrected chi connectivity index (χ3v) is 7.36. The Kier molecular flexibility index (Phi) is 7.74. The minimum Gasteiger partial charge on any atom is -0.493 e. The molecule has 210 valence electrons. The number of rotatable bonds is 8. The predicted octanol–water partition coefficient (Wildman–Crippen LogP) is 3.04. The van der Waals surface area contributed by atoms with E-state index in [2.05, 4.69) is 15.0 Å². The summed E-state index contributed by atoms with van der Waals surface area (Å²) < 4.78 is 32.0. The van der Waals surface area contributed by atoms with E-state index < -0.39 is 0 Å². The van der Waals surface area contributed by atoms with E-state index in [1.54, 1.807) is 51.4 Å². The summed E-state index contributed by atoms with van der Waals surface area (Å²) in [6, 6.07) is 10.2. The molecule has 1 aliphatic heterocycles. The molecule has 3 heterocycles.